The minimum atomic E-state index is -0.500. The van der Waals surface area contributed by atoms with Gasteiger partial charge in [-0.05, 0) is 20.8 Å². The first kappa shape index (κ1) is 9.95. The number of aliphatic hydroxyl groups is 1. The van der Waals surface area contributed by atoms with Gasteiger partial charge in [-0.25, -0.2) is 0 Å². The summed E-state index contributed by atoms with van der Waals surface area (Å²) in [5.74, 6) is 0. The van der Waals surface area contributed by atoms with Gasteiger partial charge in [0.2, 0.25) is 0 Å². The Morgan fingerprint density at radius 2 is 1.17 bits per heavy atom. The smallest absolute Gasteiger partial charge is 0.0563 e. The molecule has 0 saturated carbocycles. The van der Waals surface area contributed by atoms with Crippen LogP contribution in [0.15, 0.2) is 0 Å². The zero-order valence-electron chi connectivity index (χ0n) is 4.52. The maximum atomic E-state index is 8.52. The van der Waals surface area contributed by atoms with Crippen molar-refractivity contribution in [1.82, 2.24) is 0 Å². The molecule has 0 unspecified atom stereocenters. The fraction of sp³-hybridized carbons (Fsp3) is 1.00. The van der Waals surface area contributed by atoms with Crippen molar-refractivity contribution in [1.29, 1.82) is 0 Å². The van der Waals surface area contributed by atoms with Crippen LogP contribution in [0.2, 0.25) is 0 Å². The molecule has 1 nitrogen and oxygen atoms in total. The second kappa shape index (κ2) is 2.92. The molecule has 0 spiro atoms. The first-order valence-corrected chi connectivity index (χ1v) is 1.72. The van der Waals surface area contributed by atoms with Gasteiger partial charge in [0.25, 0.3) is 0 Å². The molecule has 3 radical (unpaired) electrons. The number of hydrogen-bond donors (Lipinski definition) is 1. The Labute approximate surface area is 57.5 Å². The minimum absolute atomic E-state index is 0. The Balaban J connectivity index is 0. The van der Waals surface area contributed by atoms with E-state index in [1.54, 1.807) is 20.8 Å². The van der Waals surface area contributed by atoms with E-state index in [9.17, 15) is 0 Å². The van der Waals surface area contributed by atoms with Crippen molar-refractivity contribution in [2.45, 2.75) is 26.4 Å². The standard InChI is InChI=1S/C4H10O.In/c1-4(2,3)5;/h5H,1-3H3;. The van der Waals surface area contributed by atoms with Gasteiger partial charge in [-0.3, -0.25) is 0 Å². The zero-order chi connectivity index (χ0) is 4.50. The quantitative estimate of drug-likeness (QED) is 0.584. The van der Waals surface area contributed by atoms with Crippen LogP contribution < -0.4 is 0 Å². The monoisotopic (exact) mass is 189 g/mol. The molecule has 2 heteroatoms. The zero-order valence-corrected chi connectivity index (χ0v) is 7.82. The van der Waals surface area contributed by atoms with E-state index in [0.29, 0.717) is 0 Å². The molecule has 0 aliphatic heterocycles. The Kier molecular flexibility index (Phi) is 4.84. The summed E-state index contributed by atoms with van der Waals surface area (Å²) < 4.78 is 0. The summed E-state index contributed by atoms with van der Waals surface area (Å²) in [6.45, 7) is 5.23. The maximum absolute atomic E-state index is 8.52. The van der Waals surface area contributed by atoms with Gasteiger partial charge in [-0.2, -0.15) is 0 Å². The molecule has 0 atom stereocenters. The van der Waals surface area contributed by atoms with Crippen LogP contribution in [0.25, 0.3) is 0 Å². The van der Waals surface area contributed by atoms with E-state index in [-0.39, 0.29) is 25.8 Å². The normalized spacial score (nSPS) is 10.0. The van der Waals surface area contributed by atoms with Gasteiger partial charge in [0.1, 0.15) is 0 Å². The molecule has 0 rings (SSSR count). The third kappa shape index (κ3) is 103. The second-order valence-electron chi connectivity index (χ2n) is 2.17. The molecule has 35 valence electrons. The molecule has 6 heavy (non-hydrogen) atoms. The van der Waals surface area contributed by atoms with Crippen molar-refractivity contribution in [3.05, 3.63) is 0 Å². The third-order valence-corrected chi connectivity index (χ3v) is 0. The van der Waals surface area contributed by atoms with E-state index >= 15 is 0 Å². The molecular weight excluding hydrogens is 179 g/mol. The molecule has 0 aliphatic carbocycles. The van der Waals surface area contributed by atoms with E-state index in [2.05, 4.69) is 0 Å². The van der Waals surface area contributed by atoms with Crippen LogP contribution in [0.5, 0.6) is 0 Å². The van der Waals surface area contributed by atoms with E-state index in [0.717, 1.165) is 0 Å². The van der Waals surface area contributed by atoms with Crippen LogP contribution in [0.1, 0.15) is 20.8 Å². The molecule has 0 heterocycles. The second-order valence-corrected chi connectivity index (χ2v) is 2.17. The molecule has 0 aromatic carbocycles. The van der Waals surface area contributed by atoms with Crippen LogP contribution in [-0.4, -0.2) is 36.6 Å². The molecule has 0 aromatic heterocycles. The molecular formula is C4H10InO. The summed E-state index contributed by atoms with van der Waals surface area (Å²) in [7, 11) is 0. The Morgan fingerprint density at radius 3 is 1.17 bits per heavy atom. The van der Waals surface area contributed by atoms with Gasteiger partial charge in [0.05, 0.1) is 5.60 Å². The Morgan fingerprint density at radius 1 is 1.17 bits per heavy atom. The van der Waals surface area contributed by atoms with Crippen molar-refractivity contribution in [2.24, 2.45) is 0 Å². The maximum Gasteiger partial charge on any atom is 0.0563 e. The fourth-order valence-corrected chi connectivity index (χ4v) is 0. The van der Waals surface area contributed by atoms with Gasteiger partial charge >= 0.3 is 0 Å². The van der Waals surface area contributed by atoms with Crippen molar-refractivity contribution >= 4 is 25.8 Å². The molecule has 0 saturated heterocycles. The average molecular weight is 189 g/mol. The Bertz CT molecular complexity index is 23.0. The van der Waals surface area contributed by atoms with E-state index in [4.69, 9.17) is 5.11 Å². The van der Waals surface area contributed by atoms with E-state index < -0.39 is 5.60 Å². The number of hydrogen-bond acceptors (Lipinski definition) is 1. The van der Waals surface area contributed by atoms with Gasteiger partial charge < -0.3 is 5.11 Å². The van der Waals surface area contributed by atoms with Crippen molar-refractivity contribution < 1.29 is 5.11 Å². The summed E-state index contributed by atoms with van der Waals surface area (Å²) in [4.78, 5) is 0. The van der Waals surface area contributed by atoms with E-state index in [1.807, 2.05) is 0 Å². The van der Waals surface area contributed by atoms with Gasteiger partial charge in [0.15, 0.2) is 0 Å². The summed E-state index contributed by atoms with van der Waals surface area (Å²) >= 11 is 0. The molecule has 0 fully saturated rings. The molecule has 0 aliphatic rings. The minimum Gasteiger partial charge on any atom is -0.391 e. The first-order valence-electron chi connectivity index (χ1n) is 1.72. The van der Waals surface area contributed by atoms with Gasteiger partial charge in [-0.1, -0.05) is 0 Å². The van der Waals surface area contributed by atoms with Crippen LogP contribution in [-0.2, 0) is 0 Å². The van der Waals surface area contributed by atoms with Crippen molar-refractivity contribution in [2.75, 3.05) is 0 Å². The summed E-state index contributed by atoms with van der Waals surface area (Å²) in [6.07, 6.45) is 0. The summed E-state index contributed by atoms with van der Waals surface area (Å²) in [6, 6.07) is 0. The molecule has 0 bridgehead atoms. The molecule has 0 aromatic rings. The summed E-state index contributed by atoms with van der Waals surface area (Å²) in [5.41, 5.74) is -0.500. The fourth-order valence-electron chi connectivity index (χ4n) is 0. The van der Waals surface area contributed by atoms with Crippen LogP contribution in [0.4, 0.5) is 0 Å². The van der Waals surface area contributed by atoms with Crippen LogP contribution in [0, 0.1) is 0 Å². The topological polar surface area (TPSA) is 20.2 Å². The predicted octanol–water partition coefficient (Wildman–Crippen LogP) is 0.396. The van der Waals surface area contributed by atoms with Crippen molar-refractivity contribution in [3.8, 4) is 0 Å². The summed E-state index contributed by atoms with van der Waals surface area (Å²) in [5, 5.41) is 8.52. The van der Waals surface area contributed by atoms with Gasteiger partial charge in [-0.15, -0.1) is 0 Å². The van der Waals surface area contributed by atoms with Crippen LogP contribution >= 0.6 is 0 Å². The Hall–Kier alpha value is 0.830. The first-order chi connectivity index (χ1) is 2.00. The molecule has 1 N–H and O–H groups in total. The predicted molar refractivity (Wildman–Crippen MR) is 27.7 cm³/mol. The van der Waals surface area contributed by atoms with Crippen LogP contribution in [0.3, 0.4) is 0 Å². The largest absolute Gasteiger partial charge is 0.391 e. The SMILES string of the molecule is CC(C)(C)O.[In]. The third-order valence-electron chi connectivity index (χ3n) is 0. The molecule has 0 amide bonds. The van der Waals surface area contributed by atoms with Gasteiger partial charge in [0, 0.05) is 25.8 Å². The average Bonchev–Trinajstić information content (AvgIpc) is 0.722. The van der Waals surface area contributed by atoms with E-state index in [1.165, 1.54) is 0 Å². The number of rotatable bonds is 0. The van der Waals surface area contributed by atoms with Crippen molar-refractivity contribution in [3.63, 3.8) is 0 Å².